The molecular weight excluding hydrogens is 390 g/mol. The summed E-state index contributed by atoms with van der Waals surface area (Å²) in [6, 6.07) is 4.85. The van der Waals surface area contributed by atoms with Crippen molar-refractivity contribution in [1.29, 1.82) is 0 Å². The minimum atomic E-state index is -0.891. The second kappa shape index (κ2) is 6.21. The van der Waals surface area contributed by atoms with Gasteiger partial charge in [0.2, 0.25) is 0 Å². The van der Waals surface area contributed by atoms with Crippen molar-refractivity contribution in [2.24, 2.45) is 0 Å². The molecule has 0 saturated carbocycles. The Bertz CT molecular complexity index is 1230. The maximum absolute atomic E-state index is 12.7. The maximum Gasteiger partial charge on any atom is 0.257 e. The zero-order chi connectivity index (χ0) is 19.3. The Morgan fingerprint density at radius 3 is 2.04 bits per heavy atom. The molecule has 0 unspecified atom stereocenters. The van der Waals surface area contributed by atoms with Crippen LogP contribution in [0.4, 0.5) is 11.6 Å². The Kier molecular flexibility index (Phi) is 3.97. The van der Waals surface area contributed by atoms with Crippen molar-refractivity contribution in [3.05, 3.63) is 65.1 Å². The van der Waals surface area contributed by atoms with E-state index in [0.717, 1.165) is 0 Å². The number of hydrogen-bond acceptors (Lipinski definition) is 7. The highest BCUT2D eigenvalue weighted by Crippen LogP contribution is 2.44. The predicted octanol–water partition coefficient (Wildman–Crippen LogP) is 2.13. The lowest BCUT2D eigenvalue weighted by Crippen LogP contribution is -2.31. The van der Waals surface area contributed by atoms with Crippen LogP contribution in [0.5, 0.6) is 11.5 Å². The first kappa shape index (κ1) is 17.2. The fourth-order valence-corrected chi connectivity index (χ4v) is 3.65. The molecule has 2 aromatic heterocycles. The fourth-order valence-electron chi connectivity index (χ4n) is 3.26. The van der Waals surface area contributed by atoms with Gasteiger partial charge in [0.05, 0.1) is 24.2 Å². The standard InChI is InChI=1S/C16H13N5O4S2/c1-25-6-4-2-3-5(10(6)22)7-8-11(18-15(26)20-13(8)23)17-12-9(7)14(24)21-16(27)19-12/h2-4,7,22H,1H3,(H5,17,18,19,20,21,23,24,26,27). The Hall–Kier alpha value is -3.18. The van der Waals surface area contributed by atoms with Crippen LogP contribution in [0.25, 0.3) is 0 Å². The second-order valence-electron chi connectivity index (χ2n) is 5.85. The van der Waals surface area contributed by atoms with Gasteiger partial charge in [0.25, 0.3) is 11.1 Å². The summed E-state index contributed by atoms with van der Waals surface area (Å²) in [5, 5.41) is 13.6. The van der Waals surface area contributed by atoms with E-state index in [2.05, 4.69) is 25.3 Å². The van der Waals surface area contributed by atoms with E-state index < -0.39 is 17.0 Å². The highest BCUT2D eigenvalue weighted by Gasteiger charge is 2.35. The summed E-state index contributed by atoms with van der Waals surface area (Å²) in [5.41, 5.74) is -0.237. The van der Waals surface area contributed by atoms with Crippen molar-refractivity contribution < 1.29 is 9.84 Å². The second-order valence-corrected chi connectivity index (χ2v) is 6.67. The Labute approximate surface area is 161 Å². The number of para-hydroxylation sites is 1. The van der Waals surface area contributed by atoms with Gasteiger partial charge in [-0.25, -0.2) is 0 Å². The molecule has 0 amide bonds. The molecule has 3 heterocycles. The van der Waals surface area contributed by atoms with E-state index in [1.54, 1.807) is 18.2 Å². The van der Waals surface area contributed by atoms with E-state index in [-0.39, 0.29) is 32.2 Å². The van der Waals surface area contributed by atoms with Crippen molar-refractivity contribution >= 4 is 36.1 Å². The molecule has 1 aromatic carbocycles. The number of hydrogen-bond donors (Lipinski definition) is 6. The first-order valence-electron chi connectivity index (χ1n) is 7.76. The van der Waals surface area contributed by atoms with Crippen molar-refractivity contribution in [3.8, 4) is 11.5 Å². The summed E-state index contributed by atoms with van der Waals surface area (Å²) in [7, 11) is 1.41. The van der Waals surface area contributed by atoms with Crippen molar-refractivity contribution in [1.82, 2.24) is 19.9 Å². The molecule has 9 nitrogen and oxygen atoms in total. The van der Waals surface area contributed by atoms with Gasteiger partial charge in [-0.2, -0.15) is 0 Å². The molecule has 27 heavy (non-hydrogen) atoms. The number of anilines is 2. The van der Waals surface area contributed by atoms with E-state index in [0.29, 0.717) is 17.2 Å². The van der Waals surface area contributed by atoms with Gasteiger partial charge in [-0.1, -0.05) is 12.1 Å². The molecule has 0 bridgehead atoms. The van der Waals surface area contributed by atoms with Crippen LogP contribution in [0.15, 0.2) is 27.8 Å². The predicted molar refractivity (Wildman–Crippen MR) is 103 cm³/mol. The van der Waals surface area contributed by atoms with Gasteiger partial charge in [0.1, 0.15) is 11.6 Å². The number of phenolic OH excluding ortho intramolecular Hbond substituents is 1. The quantitative estimate of drug-likeness (QED) is 0.282. The number of nitrogens with one attached hydrogen (secondary N) is 5. The number of ether oxygens (including phenoxy) is 1. The number of aromatic hydroxyl groups is 1. The number of aromatic amines is 4. The minimum Gasteiger partial charge on any atom is -0.504 e. The third-order valence-electron chi connectivity index (χ3n) is 4.35. The molecule has 0 spiro atoms. The molecule has 0 saturated heterocycles. The highest BCUT2D eigenvalue weighted by molar-refractivity contribution is 7.71. The molecule has 1 aliphatic rings. The van der Waals surface area contributed by atoms with E-state index >= 15 is 0 Å². The molecule has 138 valence electrons. The zero-order valence-corrected chi connectivity index (χ0v) is 15.4. The topological polar surface area (TPSA) is 139 Å². The largest absolute Gasteiger partial charge is 0.504 e. The monoisotopic (exact) mass is 403 g/mol. The number of rotatable bonds is 2. The first-order valence-corrected chi connectivity index (χ1v) is 8.58. The summed E-state index contributed by atoms with van der Waals surface area (Å²) in [4.78, 5) is 36.1. The Morgan fingerprint density at radius 2 is 1.52 bits per heavy atom. The van der Waals surface area contributed by atoms with Gasteiger partial charge in [-0.05, 0) is 30.5 Å². The number of H-pyrrole nitrogens is 4. The lowest BCUT2D eigenvalue weighted by atomic mass is 9.84. The molecule has 0 atom stereocenters. The van der Waals surface area contributed by atoms with Crippen LogP contribution < -0.4 is 21.2 Å². The smallest absolute Gasteiger partial charge is 0.257 e. The van der Waals surface area contributed by atoms with Gasteiger partial charge in [0.15, 0.2) is 21.0 Å². The van der Waals surface area contributed by atoms with E-state index in [9.17, 15) is 14.7 Å². The zero-order valence-electron chi connectivity index (χ0n) is 13.8. The van der Waals surface area contributed by atoms with E-state index in [1.165, 1.54) is 7.11 Å². The highest BCUT2D eigenvalue weighted by atomic mass is 32.1. The third-order valence-corrected chi connectivity index (χ3v) is 4.76. The molecule has 6 N–H and O–H groups in total. The summed E-state index contributed by atoms with van der Waals surface area (Å²) < 4.78 is 5.40. The number of aromatic nitrogens is 4. The molecule has 11 heteroatoms. The summed E-state index contributed by atoms with van der Waals surface area (Å²) in [5.74, 6) is -0.237. The van der Waals surface area contributed by atoms with Crippen LogP contribution in [0.1, 0.15) is 22.6 Å². The first-order chi connectivity index (χ1) is 12.9. The summed E-state index contributed by atoms with van der Waals surface area (Å²) in [6.07, 6.45) is 0. The summed E-state index contributed by atoms with van der Waals surface area (Å²) in [6.45, 7) is 0. The van der Waals surface area contributed by atoms with Gasteiger partial charge >= 0.3 is 0 Å². The molecular formula is C16H13N5O4S2. The van der Waals surface area contributed by atoms with Crippen LogP contribution in [0.2, 0.25) is 0 Å². The molecule has 0 fully saturated rings. The van der Waals surface area contributed by atoms with Crippen LogP contribution in [-0.4, -0.2) is 32.2 Å². The summed E-state index contributed by atoms with van der Waals surface area (Å²) >= 11 is 10.1. The third kappa shape index (κ3) is 2.67. The van der Waals surface area contributed by atoms with Crippen LogP contribution >= 0.6 is 24.4 Å². The van der Waals surface area contributed by atoms with Gasteiger partial charge in [-0.15, -0.1) is 0 Å². The number of methoxy groups -OCH3 is 1. The van der Waals surface area contributed by atoms with Crippen LogP contribution in [0.3, 0.4) is 0 Å². The van der Waals surface area contributed by atoms with Crippen LogP contribution in [0, 0.1) is 9.54 Å². The number of phenols is 1. The molecule has 1 aliphatic heterocycles. The van der Waals surface area contributed by atoms with E-state index in [4.69, 9.17) is 29.2 Å². The van der Waals surface area contributed by atoms with Crippen molar-refractivity contribution in [2.75, 3.05) is 12.4 Å². The Morgan fingerprint density at radius 1 is 0.963 bits per heavy atom. The van der Waals surface area contributed by atoms with Gasteiger partial charge in [0, 0.05) is 5.56 Å². The van der Waals surface area contributed by atoms with Gasteiger partial charge < -0.3 is 25.1 Å². The fraction of sp³-hybridized carbons (Fsp3) is 0.125. The van der Waals surface area contributed by atoms with Gasteiger partial charge in [-0.3, -0.25) is 19.6 Å². The molecule has 0 aliphatic carbocycles. The van der Waals surface area contributed by atoms with E-state index in [1.807, 2.05) is 0 Å². The van der Waals surface area contributed by atoms with Crippen LogP contribution in [-0.2, 0) is 0 Å². The van der Waals surface area contributed by atoms with Crippen molar-refractivity contribution in [3.63, 3.8) is 0 Å². The lowest BCUT2D eigenvalue weighted by Gasteiger charge is -2.27. The number of benzene rings is 1. The molecule has 4 rings (SSSR count). The Balaban J connectivity index is 2.14. The normalized spacial score (nSPS) is 12.8. The molecule has 0 radical (unpaired) electrons. The average molecular weight is 403 g/mol. The number of fused-ring (bicyclic) bond motifs is 2. The lowest BCUT2D eigenvalue weighted by molar-refractivity contribution is 0.370. The maximum atomic E-state index is 12.7. The SMILES string of the molecule is COc1cccc(C2c3c([nH]c(=S)[nH]c3=O)Nc3[nH]c(=S)[nH]c(=O)c32)c1O. The van der Waals surface area contributed by atoms with Crippen molar-refractivity contribution in [2.45, 2.75) is 5.92 Å². The minimum absolute atomic E-state index is 0.117. The average Bonchev–Trinajstić information content (AvgIpc) is 2.59. The molecule has 3 aromatic rings.